The summed E-state index contributed by atoms with van der Waals surface area (Å²) in [4.78, 5) is 4.51. The first-order chi connectivity index (χ1) is 4.31. The molecule has 0 spiro atoms. The molecule has 2 heteroatoms. The maximum Gasteiger partial charge on any atom is 0.106 e. The van der Waals surface area contributed by atoms with E-state index >= 15 is 0 Å². The van der Waals surface area contributed by atoms with Crippen molar-refractivity contribution in [2.75, 3.05) is 7.11 Å². The van der Waals surface area contributed by atoms with Crippen molar-refractivity contribution in [3.05, 3.63) is 0 Å². The molecule has 0 aliphatic rings. The first-order valence-electron chi connectivity index (χ1n) is 3.36. The summed E-state index contributed by atoms with van der Waals surface area (Å²) < 4.78 is 0. The third kappa shape index (κ3) is 5.34. The van der Waals surface area contributed by atoms with Crippen LogP contribution < -0.4 is 0 Å². The zero-order valence-electron chi connectivity index (χ0n) is 6.42. The minimum atomic E-state index is 0.726. The van der Waals surface area contributed by atoms with Crippen molar-refractivity contribution >= 4 is 6.21 Å². The van der Waals surface area contributed by atoms with Crippen LogP contribution in [0.5, 0.6) is 0 Å². The van der Waals surface area contributed by atoms with Gasteiger partial charge in [-0.15, -0.1) is 0 Å². The fourth-order valence-electron chi connectivity index (χ4n) is 0.464. The fraction of sp³-hybridized carbons (Fsp3) is 0.857. The molecule has 0 heterocycles. The lowest BCUT2D eigenvalue weighted by Gasteiger charge is -2.00. The van der Waals surface area contributed by atoms with Gasteiger partial charge in [0.1, 0.15) is 7.11 Å². The Labute approximate surface area is 56.9 Å². The Bertz CT molecular complexity index is 81.0. The lowest BCUT2D eigenvalue weighted by atomic mass is 10.1. The lowest BCUT2D eigenvalue weighted by molar-refractivity contribution is 0.214. The molecule has 0 N–H and O–H groups in total. The van der Waals surface area contributed by atoms with E-state index in [1.807, 2.05) is 6.21 Å². The predicted octanol–water partition coefficient (Wildman–Crippen LogP) is 2.05. The number of hydrogen-bond donors (Lipinski definition) is 0. The topological polar surface area (TPSA) is 21.6 Å². The second kappa shape index (κ2) is 5.60. The monoisotopic (exact) mass is 129 g/mol. The summed E-state index contributed by atoms with van der Waals surface area (Å²) in [6.07, 6.45) is 4.04. The zero-order valence-corrected chi connectivity index (χ0v) is 6.42. The Hall–Kier alpha value is -0.530. The Morgan fingerprint density at radius 3 is 2.78 bits per heavy atom. The smallest absolute Gasteiger partial charge is 0.106 e. The molecule has 0 fully saturated rings. The summed E-state index contributed by atoms with van der Waals surface area (Å²) in [6, 6.07) is 0. The number of oxime groups is 1. The van der Waals surface area contributed by atoms with Gasteiger partial charge in [-0.2, -0.15) is 0 Å². The first-order valence-corrected chi connectivity index (χ1v) is 3.36. The van der Waals surface area contributed by atoms with Crippen LogP contribution in [0.25, 0.3) is 0 Å². The van der Waals surface area contributed by atoms with Crippen LogP contribution in [0.2, 0.25) is 0 Å². The summed E-state index contributed by atoms with van der Waals surface area (Å²) >= 11 is 0. The largest absolute Gasteiger partial charge is 0.399 e. The molecule has 0 aromatic heterocycles. The highest BCUT2D eigenvalue weighted by molar-refractivity contribution is 5.56. The maximum atomic E-state index is 4.51. The maximum absolute atomic E-state index is 4.51. The summed E-state index contributed by atoms with van der Waals surface area (Å²) in [5, 5.41) is 3.63. The van der Waals surface area contributed by atoms with E-state index in [0.29, 0.717) is 0 Å². The molecule has 0 radical (unpaired) electrons. The van der Waals surface area contributed by atoms with Gasteiger partial charge in [0.2, 0.25) is 0 Å². The van der Waals surface area contributed by atoms with E-state index in [1.54, 1.807) is 7.11 Å². The molecule has 0 saturated carbocycles. The predicted molar refractivity (Wildman–Crippen MR) is 39.6 cm³/mol. The molecule has 1 atom stereocenters. The third-order valence-electron chi connectivity index (χ3n) is 1.38. The summed E-state index contributed by atoms with van der Waals surface area (Å²) in [6.45, 7) is 4.37. The Morgan fingerprint density at radius 2 is 2.33 bits per heavy atom. The van der Waals surface area contributed by atoms with Crippen LogP contribution in [-0.4, -0.2) is 13.3 Å². The average molecular weight is 129 g/mol. The molecule has 0 aliphatic carbocycles. The SMILES string of the molecule is CCC(C)C/C=N\OC. The minimum Gasteiger partial charge on any atom is -0.399 e. The van der Waals surface area contributed by atoms with Crippen molar-refractivity contribution in [1.82, 2.24) is 0 Å². The van der Waals surface area contributed by atoms with Crippen LogP contribution in [0, 0.1) is 5.92 Å². The van der Waals surface area contributed by atoms with Crippen LogP contribution in [0.3, 0.4) is 0 Å². The molecule has 2 nitrogen and oxygen atoms in total. The van der Waals surface area contributed by atoms with Crippen molar-refractivity contribution in [1.29, 1.82) is 0 Å². The van der Waals surface area contributed by atoms with E-state index in [-0.39, 0.29) is 0 Å². The van der Waals surface area contributed by atoms with Gasteiger partial charge in [0, 0.05) is 6.21 Å². The molecule has 0 bridgehead atoms. The highest BCUT2D eigenvalue weighted by Gasteiger charge is 1.93. The number of hydrogen-bond acceptors (Lipinski definition) is 2. The molecule has 0 rings (SSSR count). The second-order valence-corrected chi connectivity index (χ2v) is 2.22. The van der Waals surface area contributed by atoms with Gasteiger partial charge in [-0.1, -0.05) is 25.4 Å². The standard InChI is InChI=1S/C7H15NO/c1-4-7(2)5-6-8-9-3/h6-7H,4-5H2,1-3H3/b8-6-. The molecule has 0 amide bonds. The third-order valence-corrected chi connectivity index (χ3v) is 1.38. The highest BCUT2D eigenvalue weighted by Crippen LogP contribution is 2.02. The Morgan fingerprint density at radius 1 is 1.67 bits per heavy atom. The van der Waals surface area contributed by atoms with Crippen LogP contribution in [0.15, 0.2) is 5.16 Å². The van der Waals surface area contributed by atoms with E-state index in [1.165, 1.54) is 6.42 Å². The van der Waals surface area contributed by atoms with E-state index in [2.05, 4.69) is 23.8 Å². The van der Waals surface area contributed by atoms with Gasteiger partial charge in [-0.3, -0.25) is 0 Å². The average Bonchev–Trinajstić information content (AvgIpc) is 1.89. The molecule has 0 aromatic rings. The number of rotatable bonds is 4. The molecule has 0 aliphatic heterocycles. The lowest BCUT2D eigenvalue weighted by Crippen LogP contribution is -1.91. The quantitative estimate of drug-likeness (QED) is 0.420. The van der Waals surface area contributed by atoms with Crippen molar-refractivity contribution in [3.63, 3.8) is 0 Å². The zero-order chi connectivity index (χ0) is 7.11. The van der Waals surface area contributed by atoms with Crippen LogP contribution in [0.1, 0.15) is 26.7 Å². The highest BCUT2D eigenvalue weighted by atomic mass is 16.6. The van der Waals surface area contributed by atoms with Gasteiger partial charge in [0.25, 0.3) is 0 Å². The molecule has 1 unspecified atom stereocenters. The van der Waals surface area contributed by atoms with Crippen molar-refractivity contribution in [3.8, 4) is 0 Å². The molecular formula is C7H15NO. The van der Waals surface area contributed by atoms with Gasteiger partial charge >= 0.3 is 0 Å². The van der Waals surface area contributed by atoms with Gasteiger partial charge in [0.15, 0.2) is 0 Å². The van der Waals surface area contributed by atoms with E-state index in [9.17, 15) is 0 Å². The van der Waals surface area contributed by atoms with E-state index in [4.69, 9.17) is 0 Å². The van der Waals surface area contributed by atoms with Crippen molar-refractivity contribution in [2.24, 2.45) is 11.1 Å². The Kier molecular flexibility index (Phi) is 5.27. The van der Waals surface area contributed by atoms with Gasteiger partial charge in [-0.05, 0) is 12.3 Å². The number of nitrogens with zero attached hydrogens (tertiary/aromatic N) is 1. The minimum absolute atomic E-state index is 0.726. The summed E-state index contributed by atoms with van der Waals surface area (Å²) in [5.41, 5.74) is 0. The van der Waals surface area contributed by atoms with Crippen LogP contribution in [-0.2, 0) is 4.84 Å². The van der Waals surface area contributed by atoms with Crippen molar-refractivity contribution < 1.29 is 4.84 Å². The van der Waals surface area contributed by atoms with Crippen LogP contribution in [0.4, 0.5) is 0 Å². The van der Waals surface area contributed by atoms with E-state index < -0.39 is 0 Å². The van der Waals surface area contributed by atoms with Gasteiger partial charge < -0.3 is 4.84 Å². The van der Waals surface area contributed by atoms with Crippen molar-refractivity contribution in [2.45, 2.75) is 26.7 Å². The van der Waals surface area contributed by atoms with Crippen LogP contribution >= 0.6 is 0 Å². The summed E-state index contributed by atoms with van der Waals surface area (Å²) in [7, 11) is 1.56. The van der Waals surface area contributed by atoms with Gasteiger partial charge in [0.05, 0.1) is 0 Å². The normalized spacial score (nSPS) is 14.1. The Balaban J connectivity index is 3.15. The molecule has 9 heavy (non-hydrogen) atoms. The fourth-order valence-corrected chi connectivity index (χ4v) is 0.464. The molecule has 54 valence electrons. The molecule has 0 saturated heterocycles. The first kappa shape index (κ1) is 8.47. The van der Waals surface area contributed by atoms with E-state index in [0.717, 1.165) is 12.3 Å². The molecule has 0 aromatic carbocycles. The molecular weight excluding hydrogens is 114 g/mol. The van der Waals surface area contributed by atoms with Gasteiger partial charge in [-0.25, -0.2) is 0 Å². The second-order valence-electron chi connectivity index (χ2n) is 2.22. The summed E-state index contributed by atoms with van der Waals surface area (Å²) in [5.74, 6) is 0.726.